The Morgan fingerprint density at radius 1 is 1.13 bits per heavy atom. The Balaban J connectivity index is 1.39. The van der Waals surface area contributed by atoms with Gasteiger partial charge in [0.25, 0.3) is 0 Å². The van der Waals surface area contributed by atoms with Crippen LogP contribution < -0.4 is 4.31 Å². The third-order valence-electron chi connectivity index (χ3n) is 6.63. The second-order valence-corrected chi connectivity index (χ2v) is 10.8. The number of fused-ring (bicyclic) bond motifs is 1. The van der Waals surface area contributed by atoms with Crippen LogP contribution in [0.2, 0.25) is 0 Å². The van der Waals surface area contributed by atoms with Gasteiger partial charge in [-0.2, -0.15) is 0 Å². The number of Topliss-reactive ketones (excluding diaryl/α,β-unsaturated/α-hetero) is 1. The molecule has 8 heteroatoms. The van der Waals surface area contributed by atoms with E-state index in [0.29, 0.717) is 36.8 Å². The van der Waals surface area contributed by atoms with Crippen molar-refractivity contribution in [2.45, 2.75) is 57.5 Å². The molecule has 1 saturated carbocycles. The minimum atomic E-state index is -3.34. The number of carbonyl (C=O) groups is 2. The highest BCUT2D eigenvalue weighted by Gasteiger charge is 2.34. The monoisotopic (exact) mass is 433 g/mol. The Bertz CT molecular complexity index is 940. The molecule has 0 bridgehead atoms. The van der Waals surface area contributed by atoms with Crippen molar-refractivity contribution in [2.75, 3.05) is 36.7 Å². The summed E-state index contributed by atoms with van der Waals surface area (Å²) < 4.78 is 25.6. The first-order valence-corrected chi connectivity index (χ1v) is 12.8. The Hall–Kier alpha value is -1.93. The molecule has 3 aliphatic rings. The lowest BCUT2D eigenvalue weighted by atomic mass is 9.93. The fourth-order valence-electron chi connectivity index (χ4n) is 5.22. The zero-order valence-electron chi connectivity index (χ0n) is 17.8. The average molecular weight is 434 g/mol. The first-order chi connectivity index (χ1) is 14.2. The number of hydrogen-bond acceptors (Lipinski definition) is 5. The van der Waals surface area contributed by atoms with E-state index in [1.165, 1.54) is 29.8 Å². The van der Waals surface area contributed by atoms with Gasteiger partial charge >= 0.3 is 0 Å². The highest BCUT2D eigenvalue weighted by Crippen LogP contribution is 2.34. The summed E-state index contributed by atoms with van der Waals surface area (Å²) in [5, 5.41) is 0. The summed E-state index contributed by atoms with van der Waals surface area (Å²) >= 11 is 0. The first kappa shape index (κ1) is 21.3. The van der Waals surface area contributed by atoms with Crippen molar-refractivity contribution in [3.63, 3.8) is 0 Å². The van der Waals surface area contributed by atoms with Gasteiger partial charge in [0.05, 0.1) is 25.0 Å². The number of anilines is 1. The van der Waals surface area contributed by atoms with E-state index in [1.807, 2.05) is 22.8 Å². The molecule has 7 nitrogen and oxygen atoms in total. The van der Waals surface area contributed by atoms with Crippen LogP contribution in [0.5, 0.6) is 0 Å². The Morgan fingerprint density at radius 2 is 1.87 bits per heavy atom. The van der Waals surface area contributed by atoms with E-state index in [2.05, 4.69) is 0 Å². The fourth-order valence-corrected chi connectivity index (χ4v) is 6.49. The molecule has 1 amide bonds. The number of amides is 1. The molecule has 1 aliphatic carbocycles. The number of sulfonamides is 1. The van der Waals surface area contributed by atoms with Gasteiger partial charge in [0.1, 0.15) is 0 Å². The van der Waals surface area contributed by atoms with E-state index in [9.17, 15) is 18.0 Å². The minimum Gasteiger partial charge on any atom is -0.337 e. The summed E-state index contributed by atoms with van der Waals surface area (Å²) in [5.41, 5.74) is 2.13. The van der Waals surface area contributed by atoms with E-state index < -0.39 is 10.0 Å². The van der Waals surface area contributed by atoms with Gasteiger partial charge in [0.15, 0.2) is 5.78 Å². The van der Waals surface area contributed by atoms with E-state index in [0.717, 1.165) is 24.9 Å². The molecule has 1 atom stereocenters. The molecular formula is C22H31N3O4S. The first-order valence-electron chi connectivity index (χ1n) is 10.9. The normalized spacial score (nSPS) is 23.7. The molecule has 2 aliphatic heterocycles. The summed E-state index contributed by atoms with van der Waals surface area (Å²) in [6, 6.07) is 5.49. The SMILES string of the molecule is CC1Cc2cc(C(=O)CN3CCN(C4CCCCC4)C(=O)C3)ccc2N1S(C)(=O)=O. The van der Waals surface area contributed by atoms with Crippen LogP contribution in [0.3, 0.4) is 0 Å². The van der Waals surface area contributed by atoms with Gasteiger partial charge in [-0.3, -0.25) is 18.8 Å². The van der Waals surface area contributed by atoms with Crippen molar-refractivity contribution in [2.24, 2.45) is 0 Å². The predicted molar refractivity (Wildman–Crippen MR) is 116 cm³/mol. The molecule has 1 saturated heterocycles. The van der Waals surface area contributed by atoms with Gasteiger partial charge in [-0.05, 0) is 49.9 Å². The summed E-state index contributed by atoms with van der Waals surface area (Å²) in [5.74, 6) is 0.106. The maximum atomic E-state index is 12.9. The third-order valence-corrected chi connectivity index (χ3v) is 7.90. The number of hydrogen-bond donors (Lipinski definition) is 0. The van der Waals surface area contributed by atoms with Crippen molar-refractivity contribution in [3.05, 3.63) is 29.3 Å². The van der Waals surface area contributed by atoms with E-state index in [-0.39, 0.29) is 24.3 Å². The lowest BCUT2D eigenvalue weighted by Gasteiger charge is -2.40. The Morgan fingerprint density at radius 3 is 2.53 bits per heavy atom. The second kappa shape index (κ2) is 8.30. The summed E-state index contributed by atoms with van der Waals surface area (Å²) in [4.78, 5) is 29.5. The van der Waals surface area contributed by atoms with Crippen LogP contribution in [-0.2, 0) is 21.2 Å². The van der Waals surface area contributed by atoms with Crippen LogP contribution in [0, 0.1) is 0 Å². The van der Waals surface area contributed by atoms with E-state index in [1.54, 1.807) is 12.1 Å². The Labute approximate surface area is 179 Å². The maximum absolute atomic E-state index is 12.9. The molecule has 0 N–H and O–H groups in total. The van der Waals surface area contributed by atoms with Gasteiger partial charge < -0.3 is 4.90 Å². The molecule has 30 heavy (non-hydrogen) atoms. The lowest BCUT2D eigenvalue weighted by molar-refractivity contribution is -0.139. The number of rotatable bonds is 5. The Kier molecular flexibility index (Phi) is 5.90. The molecule has 0 spiro atoms. The summed E-state index contributed by atoms with van der Waals surface area (Å²) in [6.07, 6.45) is 7.67. The van der Waals surface area contributed by atoms with Crippen LogP contribution in [-0.4, -0.2) is 74.4 Å². The molecule has 1 aromatic rings. The number of ketones is 1. The molecule has 2 fully saturated rings. The quantitative estimate of drug-likeness (QED) is 0.664. The smallest absolute Gasteiger partial charge is 0.237 e. The zero-order valence-corrected chi connectivity index (χ0v) is 18.7. The zero-order chi connectivity index (χ0) is 21.5. The fraction of sp³-hybridized carbons (Fsp3) is 0.636. The molecular weight excluding hydrogens is 402 g/mol. The van der Waals surface area contributed by atoms with Crippen molar-refractivity contribution in [3.8, 4) is 0 Å². The maximum Gasteiger partial charge on any atom is 0.237 e. The van der Waals surface area contributed by atoms with Crippen molar-refractivity contribution in [1.29, 1.82) is 0 Å². The van der Waals surface area contributed by atoms with Crippen LogP contribution in [0.15, 0.2) is 18.2 Å². The highest BCUT2D eigenvalue weighted by atomic mass is 32.2. The minimum absolute atomic E-state index is 0.0258. The molecule has 1 aromatic carbocycles. The van der Waals surface area contributed by atoms with Crippen LogP contribution in [0.25, 0.3) is 0 Å². The van der Waals surface area contributed by atoms with Crippen molar-refractivity contribution < 1.29 is 18.0 Å². The summed E-state index contributed by atoms with van der Waals surface area (Å²) in [7, 11) is -3.34. The molecule has 1 unspecified atom stereocenters. The number of piperazine rings is 1. The van der Waals surface area contributed by atoms with Crippen LogP contribution in [0.1, 0.15) is 54.9 Å². The van der Waals surface area contributed by atoms with Crippen LogP contribution in [0.4, 0.5) is 5.69 Å². The number of nitrogens with zero attached hydrogens (tertiary/aromatic N) is 3. The lowest BCUT2D eigenvalue weighted by Crippen LogP contribution is -2.55. The molecule has 4 rings (SSSR count). The molecule has 0 radical (unpaired) electrons. The number of benzene rings is 1. The largest absolute Gasteiger partial charge is 0.337 e. The van der Waals surface area contributed by atoms with E-state index >= 15 is 0 Å². The molecule has 164 valence electrons. The van der Waals surface area contributed by atoms with Gasteiger partial charge in [-0.15, -0.1) is 0 Å². The average Bonchev–Trinajstić information content (AvgIpc) is 3.04. The third kappa shape index (κ3) is 4.25. The van der Waals surface area contributed by atoms with E-state index in [4.69, 9.17) is 0 Å². The second-order valence-electron chi connectivity index (χ2n) is 8.97. The van der Waals surface area contributed by atoms with Crippen LogP contribution >= 0.6 is 0 Å². The molecule has 0 aromatic heterocycles. The topological polar surface area (TPSA) is 78.0 Å². The van der Waals surface area contributed by atoms with Gasteiger partial charge in [-0.25, -0.2) is 8.42 Å². The number of carbonyl (C=O) groups excluding carboxylic acids is 2. The highest BCUT2D eigenvalue weighted by molar-refractivity contribution is 7.92. The van der Waals surface area contributed by atoms with Gasteiger partial charge in [-0.1, -0.05) is 19.3 Å². The summed E-state index contributed by atoms with van der Waals surface area (Å²) in [6.45, 7) is 3.81. The van der Waals surface area contributed by atoms with Crippen molar-refractivity contribution >= 4 is 27.4 Å². The van der Waals surface area contributed by atoms with Gasteiger partial charge in [0, 0.05) is 30.7 Å². The standard InChI is InChI=1S/C22H31N3O4S/c1-16-12-18-13-17(8-9-20(18)25(16)30(2,28)29)21(26)14-23-10-11-24(22(27)15-23)19-6-4-3-5-7-19/h8-9,13,16,19H,3-7,10-12,14-15H2,1-2H3. The van der Waals surface area contributed by atoms with Gasteiger partial charge in [0.2, 0.25) is 15.9 Å². The van der Waals surface area contributed by atoms with Crippen molar-refractivity contribution in [1.82, 2.24) is 9.80 Å². The molecule has 2 heterocycles. The predicted octanol–water partition coefficient (Wildman–Crippen LogP) is 2.06.